The maximum absolute atomic E-state index is 6.92. The standard InChI is InChI=1S/C64H41N3O/c1-4-18-42(19-5-1)44-34-36-45(37-35-44)61-65-62(47-23-16-22-46(40-47)43-20-6-2-7-21-43)67-63(66-61)54-29-11-10-26-50(54)53-30-17-33-58-60(53)55-39-38-49(41-59(55)68-58)64(48-24-8-3-9-25-48)56-31-14-12-27-51(56)52-28-13-15-32-57(52)64/h1-41H. The molecule has 0 fully saturated rings. The maximum atomic E-state index is 6.92. The molecule has 0 saturated carbocycles. The summed E-state index contributed by atoms with van der Waals surface area (Å²) in [6.45, 7) is 0. The summed E-state index contributed by atoms with van der Waals surface area (Å²) >= 11 is 0. The van der Waals surface area contributed by atoms with Crippen molar-refractivity contribution in [1.82, 2.24) is 15.0 Å². The van der Waals surface area contributed by atoms with Gasteiger partial charge in [-0.2, -0.15) is 0 Å². The average Bonchev–Trinajstić information content (AvgIpc) is 3.95. The van der Waals surface area contributed by atoms with Crippen LogP contribution in [-0.2, 0) is 5.41 Å². The second-order valence-corrected chi connectivity index (χ2v) is 17.4. The Hall–Kier alpha value is -8.99. The summed E-state index contributed by atoms with van der Waals surface area (Å²) in [5.41, 5.74) is 17.8. The first-order valence-corrected chi connectivity index (χ1v) is 23.1. The molecule has 0 aliphatic heterocycles. The lowest BCUT2D eigenvalue weighted by Gasteiger charge is -2.33. The van der Waals surface area contributed by atoms with Crippen molar-refractivity contribution in [3.63, 3.8) is 0 Å². The van der Waals surface area contributed by atoms with Gasteiger partial charge in [-0.25, -0.2) is 15.0 Å². The Bertz CT molecular complexity index is 3800. The highest BCUT2D eigenvalue weighted by atomic mass is 16.3. The first-order valence-electron chi connectivity index (χ1n) is 23.1. The van der Waals surface area contributed by atoms with E-state index in [1.54, 1.807) is 0 Å². The van der Waals surface area contributed by atoms with Crippen molar-refractivity contribution in [2.75, 3.05) is 0 Å². The molecule has 2 heterocycles. The van der Waals surface area contributed by atoms with Crippen molar-refractivity contribution < 1.29 is 4.42 Å². The van der Waals surface area contributed by atoms with E-state index in [-0.39, 0.29) is 0 Å². The van der Waals surface area contributed by atoms with Gasteiger partial charge in [0.1, 0.15) is 11.2 Å². The summed E-state index contributed by atoms with van der Waals surface area (Å²) in [4.78, 5) is 15.8. The topological polar surface area (TPSA) is 51.8 Å². The van der Waals surface area contributed by atoms with E-state index in [0.29, 0.717) is 17.5 Å². The largest absolute Gasteiger partial charge is 0.456 e. The van der Waals surface area contributed by atoms with Gasteiger partial charge in [-0.05, 0) is 85.0 Å². The van der Waals surface area contributed by atoms with Crippen molar-refractivity contribution in [1.29, 1.82) is 0 Å². The van der Waals surface area contributed by atoms with Gasteiger partial charge in [-0.3, -0.25) is 0 Å². The van der Waals surface area contributed by atoms with Gasteiger partial charge in [0.05, 0.1) is 5.41 Å². The first-order chi connectivity index (χ1) is 33.7. The average molecular weight is 868 g/mol. The van der Waals surface area contributed by atoms with E-state index in [4.69, 9.17) is 19.4 Å². The van der Waals surface area contributed by atoms with Crippen LogP contribution in [0, 0.1) is 0 Å². The molecule has 1 aliphatic carbocycles. The Balaban J connectivity index is 0.977. The molecule has 13 rings (SSSR count). The minimum absolute atomic E-state index is 0.534. The molecule has 0 N–H and O–H groups in total. The molecule has 68 heavy (non-hydrogen) atoms. The van der Waals surface area contributed by atoms with Crippen molar-refractivity contribution >= 4 is 21.9 Å². The predicted molar refractivity (Wildman–Crippen MR) is 277 cm³/mol. The molecule has 0 unspecified atom stereocenters. The molecule has 1 aliphatic rings. The normalized spacial score (nSPS) is 12.5. The molecule has 0 amide bonds. The van der Waals surface area contributed by atoms with E-state index in [0.717, 1.165) is 77.6 Å². The van der Waals surface area contributed by atoms with E-state index in [1.807, 2.05) is 12.1 Å². The molecule has 0 saturated heterocycles. The van der Waals surface area contributed by atoms with Crippen LogP contribution in [-0.4, -0.2) is 15.0 Å². The molecular weight excluding hydrogens is 827 g/mol. The summed E-state index contributed by atoms with van der Waals surface area (Å²) < 4.78 is 6.92. The number of aromatic nitrogens is 3. The molecule has 0 bridgehead atoms. The van der Waals surface area contributed by atoms with E-state index in [2.05, 4.69) is 237 Å². The Morgan fingerprint density at radius 1 is 0.279 bits per heavy atom. The number of benzene rings is 10. The molecule has 10 aromatic carbocycles. The number of fused-ring (bicyclic) bond motifs is 6. The Kier molecular flexibility index (Phi) is 9.36. The fourth-order valence-electron chi connectivity index (χ4n) is 10.6. The third-order valence-electron chi connectivity index (χ3n) is 13.7. The summed E-state index contributed by atoms with van der Waals surface area (Å²) in [7, 11) is 0. The Labute approximate surface area is 394 Å². The van der Waals surface area contributed by atoms with Gasteiger partial charge < -0.3 is 4.42 Å². The van der Waals surface area contributed by atoms with Gasteiger partial charge in [-0.1, -0.05) is 231 Å². The molecule has 12 aromatic rings. The van der Waals surface area contributed by atoms with Crippen LogP contribution in [0.4, 0.5) is 0 Å². The summed E-state index contributed by atoms with van der Waals surface area (Å²) in [6, 6.07) is 88.0. The molecule has 4 nitrogen and oxygen atoms in total. The van der Waals surface area contributed by atoms with Crippen LogP contribution in [0.2, 0.25) is 0 Å². The van der Waals surface area contributed by atoms with Crippen LogP contribution < -0.4 is 0 Å². The zero-order valence-electron chi connectivity index (χ0n) is 36.9. The molecule has 4 heteroatoms. The summed E-state index contributed by atoms with van der Waals surface area (Å²) in [5.74, 6) is 1.80. The monoisotopic (exact) mass is 867 g/mol. The van der Waals surface area contributed by atoms with Crippen LogP contribution in [0.5, 0.6) is 0 Å². The van der Waals surface area contributed by atoms with Crippen LogP contribution in [0.15, 0.2) is 253 Å². The van der Waals surface area contributed by atoms with E-state index in [1.165, 1.54) is 27.8 Å². The van der Waals surface area contributed by atoms with Crippen LogP contribution in [0.25, 0.3) is 101 Å². The first kappa shape index (κ1) is 39.4. The summed E-state index contributed by atoms with van der Waals surface area (Å²) in [6.07, 6.45) is 0. The minimum Gasteiger partial charge on any atom is -0.456 e. The van der Waals surface area contributed by atoms with Crippen LogP contribution >= 0.6 is 0 Å². The SMILES string of the molecule is c1ccc(-c2ccc(-c3nc(-c4cccc(-c5ccccc5)c4)nc(-c4ccccc4-c4cccc5oc6cc(C7(c8ccccc8)c8ccccc8-c8ccccc87)ccc6c45)n3)cc2)cc1. The van der Waals surface area contributed by atoms with Crippen molar-refractivity contribution in [2.24, 2.45) is 0 Å². The van der Waals surface area contributed by atoms with Gasteiger partial charge >= 0.3 is 0 Å². The Morgan fingerprint density at radius 2 is 0.765 bits per heavy atom. The van der Waals surface area contributed by atoms with Gasteiger partial charge in [0.2, 0.25) is 0 Å². The predicted octanol–water partition coefficient (Wildman–Crippen LogP) is 16.1. The lowest BCUT2D eigenvalue weighted by Crippen LogP contribution is -2.28. The van der Waals surface area contributed by atoms with Gasteiger partial charge in [0.25, 0.3) is 0 Å². The molecule has 0 radical (unpaired) electrons. The number of hydrogen-bond acceptors (Lipinski definition) is 4. The highest BCUT2D eigenvalue weighted by Crippen LogP contribution is 2.56. The van der Waals surface area contributed by atoms with Crippen molar-refractivity contribution in [2.45, 2.75) is 5.41 Å². The number of furan rings is 1. The van der Waals surface area contributed by atoms with E-state index < -0.39 is 5.41 Å². The van der Waals surface area contributed by atoms with Gasteiger partial charge in [0, 0.05) is 27.5 Å². The fraction of sp³-hybridized carbons (Fsp3) is 0.0156. The third-order valence-corrected chi connectivity index (χ3v) is 13.7. The van der Waals surface area contributed by atoms with Crippen LogP contribution in [0.3, 0.4) is 0 Å². The van der Waals surface area contributed by atoms with Crippen molar-refractivity contribution in [3.05, 3.63) is 271 Å². The zero-order chi connectivity index (χ0) is 45.0. The molecule has 0 spiro atoms. The second kappa shape index (κ2) is 16.2. The number of nitrogens with zero attached hydrogens (tertiary/aromatic N) is 3. The van der Waals surface area contributed by atoms with Gasteiger partial charge in [-0.15, -0.1) is 0 Å². The highest BCUT2D eigenvalue weighted by molar-refractivity contribution is 6.14. The quantitative estimate of drug-likeness (QED) is 0.153. The van der Waals surface area contributed by atoms with Crippen molar-refractivity contribution in [3.8, 4) is 78.7 Å². The molecular formula is C64H41N3O. The highest BCUT2D eigenvalue weighted by Gasteiger charge is 2.46. The lowest BCUT2D eigenvalue weighted by atomic mass is 9.67. The van der Waals surface area contributed by atoms with Crippen LogP contribution in [0.1, 0.15) is 22.3 Å². The van der Waals surface area contributed by atoms with Gasteiger partial charge in [0.15, 0.2) is 17.5 Å². The number of hydrogen-bond donors (Lipinski definition) is 0. The minimum atomic E-state index is -0.534. The zero-order valence-corrected chi connectivity index (χ0v) is 36.9. The third kappa shape index (κ3) is 6.41. The maximum Gasteiger partial charge on any atom is 0.164 e. The smallest absolute Gasteiger partial charge is 0.164 e. The lowest BCUT2D eigenvalue weighted by molar-refractivity contribution is 0.665. The fourth-order valence-corrected chi connectivity index (χ4v) is 10.6. The molecule has 0 atom stereocenters. The molecule has 318 valence electrons. The number of rotatable bonds is 8. The van der Waals surface area contributed by atoms with E-state index >= 15 is 0 Å². The summed E-state index contributed by atoms with van der Waals surface area (Å²) in [5, 5.41) is 2.09. The van der Waals surface area contributed by atoms with E-state index in [9.17, 15) is 0 Å². The molecule has 2 aromatic heterocycles. The second-order valence-electron chi connectivity index (χ2n) is 17.4. The Morgan fingerprint density at radius 3 is 1.46 bits per heavy atom.